The van der Waals surface area contributed by atoms with Crippen molar-refractivity contribution in [1.29, 1.82) is 0 Å². The highest BCUT2D eigenvalue weighted by molar-refractivity contribution is 5.83. The molecule has 2 N–H and O–H groups in total. The van der Waals surface area contributed by atoms with Gasteiger partial charge in [0.1, 0.15) is 6.04 Å². The molecule has 0 aromatic heterocycles. The second-order valence-electron chi connectivity index (χ2n) is 4.36. The van der Waals surface area contributed by atoms with Crippen LogP contribution in [-0.2, 0) is 9.59 Å². The van der Waals surface area contributed by atoms with Gasteiger partial charge in [-0.1, -0.05) is 38.8 Å². The average molecular weight is 241 g/mol. The van der Waals surface area contributed by atoms with Crippen LogP contribution in [0.2, 0.25) is 0 Å². The van der Waals surface area contributed by atoms with Crippen LogP contribution in [-0.4, -0.2) is 23.0 Å². The summed E-state index contributed by atoms with van der Waals surface area (Å²) < 4.78 is 0. The van der Waals surface area contributed by atoms with Crippen LogP contribution < -0.4 is 5.32 Å². The molecule has 1 amide bonds. The molecule has 0 spiro atoms. The van der Waals surface area contributed by atoms with E-state index in [0.29, 0.717) is 18.8 Å². The lowest BCUT2D eigenvalue weighted by atomic mass is 10.0. The van der Waals surface area contributed by atoms with Crippen LogP contribution in [0.25, 0.3) is 0 Å². The van der Waals surface area contributed by atoms with Crippen molar-refractivity contribution in [2.45, 2.75) is 52.5 Å². The Morgan fingerprint density at radius 1 is 1.41 bits per heavy atom. The van der Waals surface area contributed by atoms with Gasteiger partial charge in [-0.3, -0.25) is 4.79 Å². The van der Waals surface area contributed by atoms with Crippen molar-refractivity contribution in [3.63, 3.8) is 0 Å². The molecular formula is C13H23NO3. The molecule has 0 saturated heterocycles. The highest BCUT2D eigenvalue weighted by Crippen LogP contribution is 2.09. The summed E-state index contributed by atoms with van der Waals surface area (Å²) in [5, 5.41) is 11.5. The number of aliphatic carboxylic acids is 1. The van der Waals surface area contributed by atoms with Crippen LogP contribution in [0.5, 0.6) is 0 Å². The number of carboxylic acid groups (broad SMARTS) is 1. The average Bonchev–Trinajstić information content (AvgIpc) is 2.23. The Morgan fingerprint density at radius 2 is 2.06 bits per heavy atom. The second-order valence-corrected chi connectivity index (χ2v) is 4.36. The van der Waals surface area contributed by atoms with Crippen LogP contribution in [0.1, 0.15) is 46.5 Å². The number of hydrogen-bond donors (Lipinski definition) is 2. The van der Waals surface area contributed by atoms with Crippen LogP contribution in [0.15, 0.2) is 12.2 Å². The lowest BCUT2D eigenvalue weighted by Crippen LogP contribution is -2.40. The molecule has 0 saturated carbocycles. The van der Waals surface area contributed by atoms with Crippen molar-refractivity contribution >= 4 is 11.9 Å². The Labute approximate surface area is 103 Å². The largest absolute Gasteiger partial charge is 0.480 e. The lowest BCUT2D eigenvalue weighted by Gasteiger charge is -2.15. The van der Waals surface area contributed by atoms with Crippen molar-refractivity contribution < 1.29 is 14.7 Å². The minimum atomic E-state index is -0.986. The number of amides is 1. The summed E-state index contributed by atoms with van der Waals surface area (Å²) >= 11 is 0. The summed E-state index contributed by atoms with van der Waals surface area (Å²) in [4.78, 5) is 22.5. The van der Waals surface area contributed by atoms with E-state index < -0.39 is 12.0 Å². The first-order valence-electron chi connectivity index (χ1n) is 6.14. The van der Waals surface area contributed by atoms with Crippen LogP contribution in [0, 0.1) is 5.92 Å². The Balaban J connectivity index is 4.16. The number of carbonyl (C=O) groups excluding carboxylic acids is 1. The Hall–Kier alpha value is -1.32. The van der Waals surface area contributed by atoms with Crippen LogP contribution in [0.3, 0.4) is 0 Å². The summed E-state index contributed by atoms with van der Waals surface area (Å²) in [5.74, 6) is -0.862. The molecule has 98 valence electrons. The van der Waals surface area contributed by atoms with Gasteiger partial charge in [0.05, 0.1) is 0 Å². The maximum absolute atomic E-state index is 11.6. The van der Waals surface area contributed by atoms with Gasteiger partial charge in [-0.2, -0.15) is 0 Å². The fourth-order valence-corrected chi connectivity index (χ4v) is 1.66. The highest BCUT2D eigenvalue weighted by atomic mass is 16.4. The Kier molecular flexibility index (Phi) is 8.11. The van der Waals surface area contributed by atoms with E-state index in [2.05, 4.69) is 12.2 Å². The normalized spacial score (nSPS) is 14.5. The van der Waals surface area contributed by atoms with Gasteiger partial charge in [0.15, 0.2) is 0 Å². The van der Waals surface area contributed by atoms with Gasteiger partial charge in [0.2, 0.25) is 5.91 Å². The topological polar surface area (TPSA) is 66.4 Å². The van der Waals surface area contributed by atoms with Gasteiger partial charge in [-0.15, -0.1) is 0 Å². The predicted octanol–water partition coefficient (Wildman–Crippen LogP) is 2.35. The molecule has 2 atom stereocenters. The van der Waals surface area contributed by atoms with Crippen molar-refractivity contribution in [2.24, 2.45) is 5.92 Å². The molecule has 0 aromatic carbocycles. The number of rotatable bonds is 8. The van der Waals surface area contributed by atoms with E-state index in [-0.39, 0.29) is 5.91 Å². The van der Waals surface area contributed by atoms with Gasteiger partial charge >= 0.3 is 5.97 Å². The Morgan fingerprint density at radius 3 is 2.53 bits per heavy atom. The smallest absolute Gasteiger partial charge is 0.326 e. The number of hydrogen-bond acceptors (Lipinski definition) is 2. The number of carboxylic acids is 1. The lowest BCUT2D eigenvalue weighted by molar-refractivity contribution is -0.141. The zero-order valence-electron chi connectivity index (χ0n) is 10.9. The quantitative estimate of drug-likeness (QED) is 0.641. The molecule has 0 fully saturated rings. The van der Waals surface area contributed by atoms with Crippen LogP contribution >= 0.6 is 0 Å². The van der Waals surface area contributed by atoms with E-state index in [0.717, 1.165) is 12.8 Å². The third kappa shape index (κ3) is 7.55. The Bertz CT molecular complexity index is 274. The van der Waals surface area contributed by atoms with Gasteiger partial charge < -0.3 is 10.4 Å². The number of nitrogens with one attached hydrogen (secondary N) is 1. The van der Waals surface area contributed by atoms with E-state index in [1.54, 1.807) is 12.2 Å². The zero-order valence-corrected chi connectivity index (χ0v) is 10.9. The summed E-state index contributed by atoms with van der Waals surface area (Å²) in [6, 6.07) is -0.812. The number of carbonyl (C=O) groups is 2. The molecular weight excluding hydrogens is 218 g/mol. The van der Waals surface area contributed by atoms with Gasteiger partial charge in [0.25, 0.3) is 0 Å². The fourth-order valence-electron chi connectivity index (χ4n) is 1.66. The summed E-state index contributed by atoms with van der Waals surface area (Å²) in [6.07, 6.45) is 6.28. The first kappa shape index (κ1) is 15.7. The van der Waals surface area contributed by atoms with Crippen molar-refractivity contribution in [2.75, 3.05) is 0 Å². The fraction of sp³-hybridized carbons (Fsp3) is 0.692. The molecule has 0 radical (unpaired) electrons. The maximum Gasteiger partial charge on any atom is 0.326 e. The van der Waals surface area contributed by atoms with Crippen molar-refractivity contribution in [3.05, 3.63) is 12.2 Å². The van der Waals surface area contributed by atoms with E-state index >= 15 is 0 Å². The van der Waals surface area contributed by atoms with E-state index in [9.17, 15) is 9.59 Å². The molecule has 0 rings (SSSR count). The first-order valence-corrected chi connectivity index (χ1v) is 6.14. The van der Waals surface area contributed by atoms with Gasteiger partial charge in [-0.25, -0.2) is 4.79 Å². The molecule has 0 aliphatic carbocycles. The monoisotopic (exact) mass is 241 g/mol. The molecule has 4 nitrogen and oxygen atoms in total. The van der Waals surface area contributed by atoms with E-state index in [1.807, 2.05) is 13.8 Å². The molecule has 0 aliphatic heterocycles. The third-order valence-electron chi connectivity index (χ3n) is 2.56. The minimum absolute atomic E-state index is 0.178. The molecule has 17 heavy (non-hydrogen) atoms. The summed E-state index contributed by atoms with van der Waals surface area (Å²) in [5.41, 5.74) is 0. The SMILES string of the molecule is C/C=C/CC(NC(=O)CC(C)CCC)C(=O)O. The van der Waals surface area contributed by atoms with Crippen LogP contribution in [0.4, 0.5) is 0 Å². The van der Waals surface area contributed by atoms with E-state index in [1.165, 1.54) is 0 Å². The minimum Gasteiger partial charge on any atom is -0.480 e. The predicted molar refractivity (Wildman–Crippen MR) is 67.7 cm³/mol. The van der Waals surface area contributed by atoms with Crippen molar-refractivity contribution in [1.82, 2.24) is 5.32 Å². The summed E-state index contributed by atoms with van der Waals surface area (Å²) in [7, 11) is 0. The third-order valence-corrected chi connectivity index (χ3v) is 2.56. The molecule has 0 heterocycles. The molecule has 0 aliphatic rings. The molecule has 4 heteroatoms. The molecule has 2 unspecified atom stereocenters. The van der Waals surface area contributed by atoms with E-state index in [4.69, 9.17) is 5.11 Å². The standard InChI is InChI=1S/C13H23NO3/c1-4-6-8-11(13(16)17)14-12(15)9-10(3)7-5-2/h4,6,10-11H,5,7-9H2,1-3H3,(H,14,15)(H,16,17)/b6-4+. The van der Waals surface area contributed by atoms with Gasteiger partial charge in [-0.05, 0) is 19.3 Å². The maximum atomic E-state index is 11.6. The molecule has 0 bridgehead atoms. The molecule has 0 aromatic rings. The zero-order chi connectivity index (χ0) is 13.3. The van der Waals surface area contributed by atoms with Crippen molar-refractivity contribution in [3.8, 4) is 0 Å². The van der Waals surface area contributed by atoms with Gasteiger partial charge in [0, 0.05) is 6.42 Å². The highest BCUT2D eigenvalue weighted by Gasteiger charge is 2.19. The number of allylic oxidation sites excluding steroid dienone is 1. The summed E-state index contributed by atoms with van der Waals surface area (Å²) in [6.45, 7) is 5.90. The second kappa shape index (κ2) is 8.79. The first-order chi connectivity index (χ1) is 8.01.